The maximum absolute atomic E-state index is 13.4. The van der Waals surface area contributed by atoms with Crippen molar-refractivity contribution in [3.8, 4) is 11.8 Å². The van der Waals surface area contributed by atoms with E-state index in [4.69, 9.17) is 0 Å². The number of benzene rings is 3. The molecule has 0 aromatic heterocycles. The van der Waals surface area contributed by atoms with Gasteiger partial charge in [-0.05, 0) is 54.8 Å². The fraction of sp³-hybridized carbons (Fsp3) is 0.333. The number of hydrogen-bond donors (Lipinski definition) is 1. The molecule has 0 bridgehead atoms. The average Bonchev–Trinajstić information content (AvgIpc) is 2.88. The molecule has 2 heterocycles. The van der Waals surface area contributed by atoms with Crippen LogP contribution >= 0.6 is 0 Å². The van der Waals surface area contributed by atoms with Crippen LogP contribution in [0.2, 0.25) is 0 Å². The molecule has 2 aliphatic heterocycles. The van der Waals surface area contributed by atoms with E-state index in [1.165, 1.54) is 0 Å². The summed E-state index contributed by atoms with van der Waals surface area (Å²) >= 11 is 0. The van der Waals surface area contributed by atoms with Crippen molar-refractivity contribution in [3.63, 3.8) is 0 Å². The lowest BCUT2D eigenvalue weighted by atomic mass is 9.74. The van der Waals surface area contributed by atoms with Crippen LogP contribution in [0.5, 0.6) is 0 Å². The normalized spacial score (nSPS) is 22.9. The first-order valence-corrected chi connectivity index (χ1v) is 14.2. The monoisotopic (exact) mass is 500 g/mol. The van der Waals surface area contributed by atoms with Crippen LogP contribution in [0.15, 0.2) is 84.9 Å². The highest BCUT2D eigenvalue weighted by Crippen LogP contribution is 2.42. The molecule has 0 amide bonds. The number of aliphatic hydroxyl groups is 1. The topological polar surface area (TPSA) is 60.9 Å². The molecule has 0 unspecified atom stereocenters. The van der Waals surface area contributed by atoms with E-state index in [1.54, 1.807) is 4.31 Å². The van der Waals surface area contributed by atoms with Gasteiger partial charge in [0.15, 0.2) is 0 Å². The molecule has 186 valence electrons. The van der Waals surface area contributed by atoms with E-state index >= 15 is 0 Å². The Morgan fingerprint density at radius 1 is 0.806 bits per heavy atom. The maximum Gasteiger partial charge on any atom is 0.218 e. The molecule has 0 saturated carbocycles. The standard InChI is InChI=1S/C30H32N2O3S/c33-22-29-30(27-17-15-25(16-18-27)14-13-24-9-3-1-4-10-24)28-21-31(19-7-8-20-32(28)29)36(34,35)23-26-11-5-2-6-12-26/h1-6,9-12,15-18,28-30,33H,7-8,19-23H2/t28-,29+,30+/m0/s1. The number of hydrogen-bond acceptors (Lipinski definition) is 4. The van der Waals surface area contributed by atoms with Gasteiger partial charge < -0.3 is 5.11 Å². The van der Waals surface area contributed by atoms with Gasteiger partial charge in [-0.25, -0.2) is 12.7 Å². The van der Waals surface area contributed by atoms with Gasteiger partial charge in [0.05, 0.1) is 12.4 Å². The Labute approximate surface area is 214 Å². The van der Waals surface area contributed by atoms with Crippen LogP contribution < -0.4 is 0 Å². The van der Waals surface area contributed by atoms with E-state index in [0.29, 0.717) is 13.1 Å². The fourth-order valence-corrected chi connectivity index (χ4v) is 7.08. The quantitative estimate of drug-likeness (QED) is 0.541. The Morgan fingerprint density at radius 2 is 1.42 bits per heavy atom. The van der Waals surface area contributed by atoms with E-state index in [1.807, 2.05) is 72.8 Å². The van der Waals surface area contributed by atoms with E-state index < -0.39 is 10.0 Å². The highest BCUT2D eigenvalue weighted by Gasteiger charge is 2.50. The smallest absolute Gasteiger partial charge is 0.218 e. The molecular formula is C30H32N2O3S. The molecule has 5 rings (SSSR count). The Balaban J connectivity index is 1.35. The lowest BCUT2D eigenvalue weighted by molar-refractivity contribution is -0.0554. The van der Waals surface area contributed by atoms with E-state index in [2.05, 4.69) is 28.9 Å². The molecule has 3 atom stereocenters. The molecule has 2 aliphatic rings. The van der Waals surface area contributed by atoms with Gasteiger partial charge in [-0.1, -0.05) is 72.5 Å². The molecule has 3 aromatic rings. The third-order valence-corrected chi connectivity index (χ3v) is 9.16. The molecule has 0 radical (unpaired) electrons. The van der Waals surface area contributed by atoms with Gasteiger partial charge >= 0.3 is 0 Å². The summed E-state index contributed by atoms with van der Waals surface area (Å²) in [5.74, 6) is 6.50. The molecule has 5 nitrogen and oxygen atoms in total. The number of aliphatic hydroxyl groups excluding tert-OH is 1. The van der Waals surface area contributed by atoms with Crippen molar-refractivity contribution in [2.75, 3.05) is 26.2 Å². The summed E-state index contributed by atoms with van der Waals surface area (Å²) in [5.41, 5.74) is 3.84. The molecule has 6 heteroatoms. The number of rotatable bonds is 5. The lowest BCUT2D eigenvalue weighted by Crippen LogP contribution is -2.67. The first kappa shape index (κ1) is 24.7. The number of sulfonamides is 1. The molecule has 36 heavy (non-hydrogen) atoms. The van der Waals surface area contributed by atoms with E-state index in [9.17, 15) is 13.5 Å². The summed E-state index contributed by atoms with van der Waals surface area (Å²) in [5, 5.41) is 10.2. The molecular weight excluding hydrogens is 468 g/mol. The van der Waals surface area contributed by atoms with Crippen molar-refractivity contribution in [3.05, 3.63) is 107 Å². The molecule has 1 N–H and O–H groups in total. The summed E-state index contributed by atoms with van der Waals surface area (Å²) in [6.07, 6.45) is 1.75. The fourth-order valence-electron chi connectivity index (χ4n) is 5.49. The highest BCUT2D eigenvalue weighted by atomic mass is 32.2. The summed E-state index contributed by atoms with van der Waals surface area (Å²) in [6, 6.07) is 27.6. The first-order chi connectivity index (χ1) is 17.5. The summed E-state index contributed by atoms with van der Waals surface area (Å²) in [6.45, 7) is 1.95. The van der Waals surface area contributed by atoms with Crippen molar-refractivity contribution in [2.24, 2.45) is 0 Å². The summed E-state index contributed by atoms with van der Waals surface area (Å²) in [4.78, 5) is 2.30. The van der Waals surface area contributed by atoms with Crippen LogP contribution in [-0.2, 0) is 15.8 Å². The number of nitrogens with zero attached hydrogens (tertiary/aromatic N) is 2. The maximum atomic E-state index is 13.4. The summed E-state index contributed by atoms with van der Waals surface area (Å²) in [7, 11) is -3.44. The third-order valence-electron chi connectivity index (χ3n) is 7.34. The lowest BCUT2D eigenvalue weighted by Gasteiger charge is -2.57. The minimum absolute atomic E-state index is 0.00744. The zero-order chi connectivity index (χ0) is 25.0. The van der Waals surface area contributed by atoms with Crippen molar-refractivity contribution in [1.82, 2.24) is 9.21 Å². The Morgan fingerprint density at radius 3 is 2.08 bits per heavy atom. The molecule has 0 aliphatic carbocycles. The van der Waals surface area contributed by atoms with Crippen LogP contribution in [0.3, 0.4) is 0 Å². The van der Waals surface area contributed by atoms with Gasteiger partial charge in [0.25, 0.3) is 0 Å². The molecule has 0 spiro atoms. The Kier molecular flexibility index (Phi) is 7.54. The predicted octanol–water partition coefficient (Wildman–Crippen LogP) is 3.84. The van der Waals surface area contributed by atoms with Crippen molar-refractivity contribution < 1.29 is 13.5 Å². The Bertz CT molecular complexity index is 1320. The SMILES string of the molecule is O=S(=O)(Cc1ccccc1)N1CCCCN2[C@H](CO)[C@H](c3ccc(C#Cc4ccccc4)cc3)[C@@H]2C1. The second-order valence-electron chi connectivity index (χ2n) is 9.63. The van der Waals surface area contributed by atoms with Gasteiger partial charge in [-0.2, -0.15) is 0 Å². The Hall–Kier alpha value is -2.95. The van der Waals surface area contributed by atoms with Crippen molar-refractivity contribution >= 4 is 10.0 Å². The molecule has 3 aromatic carbocycles. The van der Waals surface area contributed by atoms with E-state index in [0.717, 1.165) is 41.6 Å². The minimum Gasteiger partial charge on any atom is -0.395 e. The van der Waals surface area contributed by atoms with Gasteiger partial charge in [0, 0.05) is 42.2 Å². The van der Waals surface area contributed by atoms with Crippen LogP contribution in [-0.4, -0.2) is 61.1 Å². The minimum atomic E-state index is -3.44. The first-order valence-electron chi connectivity index (χ1n) is 12.6. The second-order valence-corrected chi connectivity index (χ2v) is 11.6. The van der Waals surface area contributed by atoms with Crippen LogP contribution in [0.25, 0.3) is 0 Å². The van der Waals surface area contributed by atoms with Crippen molar-refractivity contribution in [2.45, 2.75) is 36.6 Å². The van der Waals surface area contributed by atoms with Gasteiger partial charge in [-0.15, -0.1) is 0 Å². The average molecular weight is 501 g/mol. The van der Waals surface area contributed by atoms with Crippen LogP contribution in [0.4, 0.5) is 0 Å². The second kappa shape index (κ2) is 11.0. The largest absolute Gasteiger partial charge is 0.395 e. The predicted molar refractivity (Wildman–Crippen MR) is 143 cm³/mol. The van der Waals surface area contributed by atoms with Crippen LogP contribution in [0.1, 0.15) is 41.0 Å². The van der Waals surface area contributed by atoms with E-state index in [-0.39, 0.29) is 30.4 Å². The van der Waals surface area contributed by atoms with Gasteiger partial charge in [0.1, 0.15) is 0 Å². The number of fused-ring (bicyclic) bond motifs is 1. The summed E-state index contributed by atoms with van der Waals surface area (Å²) < 4.78 is 28.4. The molecule has 2 fully saturated rings. The van der Waals surface area contributed by atoms with Crippen LogP contribution in [0, 0.1) is 11.8 Å². The highest BCUT2D eigenvalue weighted by molar-refractivity contribution is 7.88. The third kappa shape index (κ3) is 5.40. The van der Waals surface area contributed by atoms with Gasteiger partial charge in [-0.3, -0.25) is 4.90 Å². The van der Waals surface area contributed by atoms with Crippen molar-refractivity contribution in [1.29, 1.82) is 0 Å². The zero-order valence-electron chi connectivity index (χ0n) is 20.3. The van der Waals surface area contributed by atoms with Gasteiger partial charge in [0.2, 0.25) is 10.0 Å². The zero-order valence-corrected chi connectivity index (χ0v) is 21.1. The molecule has 2 saturated heterocycles.